The van der Waals surface area contributed by atoms with E-state index in [1.54, 1.807) is 36.2 Å². The Hall–Kier alpha value is -2.27. The van der Waals surface area contributed by atoms with Crippen LogP contribution in [0.4, 0.5) is 0 Å². The summed E-state index contributed by atoms with van der Waals surface area (Å²) in [7, 11) is 1.75. The van der Waals surface area contributed by atoms with Crippen molar-refractivity contribution in [1.29, 1.82) is 0 Å². The van der Waals surface area contributed by atoms with Gasteiger partial charge in [0.05, 0.1) is 12.3 Å². The highest BCUT2D eigenvalue weighted by Gasteiger charge is 2.17. The summed E-state index contributed by atoms with van der Waals surface area (Å²) < 4.78 is 4.99. The molecule has 1 heterocycles. The number of carbonyl (C=O) groups excluding carboxylic acids is 2. The zero-order chi connectivity index (χ0) is 16.8. The van der Waals surface area contributed by atoms with Gasteiger partial charge in [-0.1, -0.05) is 23.7 Å². The molecule has 1 N–H and O–H groups in total. The number of hydrogen-bond donors (Lipinski definition) is 1. The molecule has 5 nitrogen and oxygen atoms in total. The number of rotatable bonds is 6. The van der Waals surface area contributed by atoms with Crippen LogP contribution in [0.15, 0.2) is 47.1 Å². The summed E-state index contributed by atoms with van der Waals surface area (Å²) in [5.41, 5.74) is 1.00. The molecule has 122 valence electrons. The van der Waals surface area contributed by atoms with Crippen molar-refractivity contribution in [3.63, 3.8) is 0 Å². The Labute approximate surface area is 140 Å². The molecule has 23 heavy (non-hydrogen) atoms. The Bertz CT molecular complexity index is 653. The lowest BCUT2D eigenvalue weighted by Gasteiger charge is -2.25. The van der Waals surface area contributed by atoms with E-state index >= 15 is 0 Å². The average molecular weight is 335 g/mol. The maximum Gasteiger partial charge on any atom is 0.286 e. The van der Waals surface area contributed by atoms with E-state index in [0.29, 0.717) is 5.02 Å². The lowest BCUT2D eigenvalue weighted by atomic mass is 10.1. The lowest BCUT2D eigenvalue weighted by Crippen LogP contribution is -2.33. The van der Waals surface area contributed by atoms with Crippen molar-refractivity contribution >= 4 is 23.4 Å². The first-order chi connectivity index (χ1) is 11.0. The molecular weight excluding hydrogens is 316 g/mol. The third-order valence-corrected chi connectivity index (χ3v) is 3.95. The maximum absolute atomic E-state index is 12.2. The van der Waals surface area contributed by atoms with Gasteiger partial charge in [-0.2, -0.15) is 0 Å². The van der Waals surface area contributed by atoms with E-state index in [0.717, 1.165) is 5.56 Å². The zero-order valence-corrected chi connectivity index (χ0v) is 13.8. The van der Waals surface area contributed by atoms with Crippen molar-refractivity contribution in [2.24, 2.45) is 0 Å². The first-order valence-corrected chi connectivity index (χ1v) is 7.69. The highest BCUT2D eigenvalue weighted by atomic mass is 35.5. The largest absolute Gasteiger partial charge is 0.459 e. The summed E-state index contributed by atoms with van der Waals surface area (Å²) in [6.45, 7) is 2.21. The van der Waals surface area contributed by atoms with E-state index in [4.69, 9.17) is 16.0 Å². The number of halogens is 1. The fraction of sp³-hybridized carbons (Fsp3) is 0.294. The Morgan fingerprint density at radius 3 is 2.57 bits per heavy atom. The van der Waals surface area contributed by atoms with Crippen LogP contribution >= 0.6 is 11.6 Å². The molecule has 2 rings (SSSR count). The standard InChI is InChI=1S/C17H19ClN2O3/c1-12(13-5-7-14(18)8-6-13)20(2)16(21)9-10-19-17(22)15-4-3-11-23-15/h3-8,11-12H,9-10H2,1-2H3,(H,19,22). The van der Waals surface area contributed by atoms with E-state index in [2.05, 4.69) is 5.32 Å². The molecule has 0 spiro atoms. The van der Waals surface area contributed by atoms with Crippen LogP contribution in [0.2, 0.25) is 5.02 Å². The Morgan fingerprint density at radius 2 is 1.96 bits per heavy atom. The molecule has 0 saturated heterocycles. The fourth-order valence-electron chi connectivity index (χ4n) is 2.14. The van der Waals surface area contributed by atoms with Crippen LogP contribution in [0.5, 0.6) is 0 Å². The molecule has 2 aromatic rings. The van der Waals surface area contributed by atoms with Crippen molar-refractivity contribution in [1.82, 2.24) is 10.2 Å². The zero-order valence-electron chi connectivity index (χ0n) is 13.1. The Balaban J connectivity index is 1.82. The van der Waals surface area contributed by atoms with Gasteiger partial charge in [0.1, 0.15) is 0 Å². The molecule has 0 fully saturated rings. The molecule has 1 unspecified atom stereocenters. The molecule has 0 radical (unpaired) electrons. The minimum atomic E-state index is -0.323. The molecule has 0 bridgehead atoms. The topological polar surface area (TPSA) is 62.6 Å². The first kappa shape index (κ1) is 17.1. The predicted octanol–water partition coefficient (Wildman–Crippen LogP) is 3.27. The van der Waals surface area contributed by atoms with Crippen molar-refractivity contribution in [2.45, 2.75) is 19.4 Å². The van der Waals surface area contributed by atoms with Gasteiger partial charge in [-0.05, 0) is 36.8 Å². The van der Waals surface area contributed by atoms with Crippen LogP contribution in [-0.2, 0) is 4.79 Å². The minimum Gasteiger partial charge on any atom is -0.459 e. The van der Waals surface area contributed by atoms with Crippen LogP contribution in [0.3, 0.4) is 0 Å². The smallest absolute Gasteiger partial charge is 0.286 e. The molecule has 0 aliphatic rings. The van der Waals surface area contributed by atoms with E-state index in [9.17, 15) is 9.59 Å². The van der Waals surface area contributed by atoms with Gasteiger partial charge < -0.3 is 14.6 Å². The predicted molar refractivity (Wildman–Crippen MR) is 88.3 cm³/mol. The van der Waals surface area contributed by atoms with E-state index in [1.807, 2.05) is 19.1 Å². The van der Waals surface area contributed by atoms with Gasteiger partial charge in [-0.3, -0.25) is 9.59 Å². The van der Waals surface area contributed by atoms with Gasteiger partial charge in [0.2, 0.25) is 5.91 Å². The fourth-order valence-corrected chi connectivity index (χ4v) is 2.26. The molecular formula is C17H19ClN2O3. The monoisotopic (exact) mass is 334 g/mol. The van der Waals surface area contributed by atoms with Crippen LogP contribution in [0, 0.1) is 0 Å². The molecule has 6 heteroatoms. The number of benzene rings is 1. The number of carbonyl (C=O) groups is 2. The maximum atomic E-state index is 12.2. The summed E-state index contributed by atoms with van der Waals surface area (Å²) in [4.78, 5) is 25.6. The molecule has 1 aromatic carbocycles. The second-order valence-electron chi connectivity index (χ2n) is 5.22. The van der Waals surface area contributed by atoms with Gasteiger partial charge in [0, 0.05) is 25.0 Å². The summed E-state index contributed by atoms with van der Waals surface area (Å²) in [6.07, 6.45) is 1.66. The van der Waals surface area contributed by atoms with Gasteiger partial charge >= 0.3 is 0 Å². The van der Waals surface area contributed by atoms with Gasteiger partial charge in [-0.15, -0.1) is 0 Å². The molecule has 0 saturated carbocycles. The molecule has 2 amide bonds. The van der Waals surface area contributed by atoms with Crippen LogP contribution in [-0.4, -0.2) is 30.3 Å². The van der Waals surface area contributed by atoms with Crippen molar-refractivity contribution in [2.75, 3.05) is 13.6 Å². The minimum absolute atomic E-state index is 0.0489. The second-order valence-corrected chi connectivity index (χ2v) is 5.65. The summed E-state index contributed by atoms with van der Waals surface area (Å²) in [5.74, 6) is -0.135. The number of nitrogens with one attached hydrogen (secondary N) is 1. The van der Waals surface area contributed by atoms with Crippen LogP contribution < -0.4 is 5.32 Å². The summed E-state index contributed by atoms with van der Waals surface area (Å²) in [6, 6.07) is 10.5. The molecule has 1 aromatic heterocycles. The molecule has 1 atom stereocenters. The van der Waals surface area contributed by atoms with Crippen molar-refractivity contribution < 1.29 is 14.0 Å². The number of hydrogen-bond acceptors (Lipinski definition) is 3. The van der Waals surface area contributed by atoms with Gasteiger partial charge in [0.15, 0.2) is 5.76 Å². The Morgan fingerprint density at radius 1 is 1.26 bits per heavy atom. The number of amides is 2. The lowest BCUT2D eigenvalue weighted by molar-refractivity contribution is -0.131. The highest BCUT2D eigenvalue weighted by molar-refractivity contribution is 6.30. The van der Waals surface area contributed by atoms with Crippen molar-refractivity contribution in [3.8, 4) is 0 Å². The second kappa shape index (κ2) is 7.83. The molecule has 0 aliphatic heterocycles. The van der Waals surface area contributed by atoms with Crippen LogP contribution in [0.25, 0.3) is 0 Å². The number of furan rings is 1. The SMILES string of the molecule is CC(c1ccc(Cl)cc1)N(C)C(=O)CCNC(=O)c1ccco1. The Kier molecular flexibility index (Phi) is 5.82. The van der Waals surface area contributed by atoms with Gasteiger partial charge in [-0.25, -0.2) is 0 Å². The summed E-state index contributed by atoms with van der Waals surface area (Å²) >= 11 is 5.87. The average Bonchev–Trinajstić information content (AvgIpc) is 3.08. The van der Waals surface area contributed by atoms with E-state index < -0.39 is 0 Å². The quantitative estimate of drug-likeness (QED) is 0.881. The van der Waals surface area contributed by atoms with Crippen LogP contribution in [0.1, 0.15) is 35.5 Å². The van der Waals surface area contributed by atoms with Gasteiger partial charge in [0.25, 0.3) is 5.91 Å². The summed E-state index contributed by atoms with van der Waals surface area (Å²) in [5, 5.41) is 3.32. The van der Waals surface area contributed by atoms with E-state index in [1.165, 1.54) is 6.26 Å². The van der Waals surface area contributed by atoms with E-state index in [-0.39, 0.29) is 36.6 Å². The number of nitrogens with zero attached hydrogens (tertiary/aromatic N) is 1. The first-order valence-electron chi connectivity index (χ1n) is 7.32. The molecule has 0 aliphatic carbocycles. The third kappa shape index (κ3) is 4.60. The van der Waals surface area contributed by atoms with Crippen molar-refractivity contribution in [3.05, 3.63) is 59.0 Å². The highest BCUT2D eigenvalue weighted by Crippen LogP contribution is 2.21. The normalized spacial score (nSPS) is 11.8. The third-order valence-electron chi connectivity index (χ3n) is 3.70.